The van der Waals surface area contributed by atoms with Gasteiger partial charge in [-0.05, 0) is 12.1 Å². The maximum atomic E-state index is 11.9. The van der Waals surface area contributed by atoms with Crippen molar-refractivity contribution >= 4 is 11.8 Å². The van der Waals surface area contributed by atoms with Crippen LogP contribution in [0.3, 0.4) is 0 Å². The van der Waals surface area contributed by atoms with Crippen molar-refractivity contribution in [1.82, 2.24) is 0 Å². The highest BCUT2D eigenvalue weighted by Gasteiger charge is 2.46. The monoisotopic (exact) mass is 206 g/mol. The van der Waals surface area contributed by atoms with Crippen molar-refractivity contribution in [3.63, 3.8) is 0 Å². The maximum Gasteiger partial charge on any atom is 0.315 e. The number of carbonyl (C=O) groups excluding carboxylic acids is 2. The molecule has 78 valence electrons. The van der Waals surface area contributed by atoms with Gasteiger partial charge in [0.1, 0.15) is 5.75 Å². The number of Topliss-reactive ketones (excluding diaryl/α,β-unsaturated/α-hetero) is 1. The quantitative estimate of drug-likeness (QED) is 0.654. The lowest BCUT2D eigenvalue weighted by Crippen LogP contribution is -2.41. The third-order valence-electron chi connectivity index (χ3n) is 2.19. The Labute approximate surface area is 86.8 Å². The molecule has 1 aliphatic rings. The van der Waals surface area contributed by atoms with Crippen molar-refractivity contribution in [2.45, 2.75) is 19.6 Å². The lowest BCUT2D eigenvalue weighted by Gasteiger charge is -2.21. The fourth-order valence-corrected chi connectivity index (χ4v) is 1.59. The zero-order valence-corrected chi connectivity index (χ0v) is 8.44. The average molecular weight is 206 g/mol. The Morgan fingerprint density at radius 1 is 1.40 bits per heavy atom. The number of benzene rings is 1. The van der Waals surface area contributed by atoms with Crippen LogP contribution >= 0.6 is 0 Å². The second kappa shape index (κ2) is 3.08. The summed E-state index contributed by atoms with van der Waals surface area (Å²) in [5, 5.41) is 0. The van der Waals surface area contributed by atoms with E-state index in [1.165, 1.54) is 13.8 Å². The third kappa shape index (κ3) is 1.48. The highest BCUT2D eigenvalue weighted by atomic mass is 16.7. The zero-order chi connectivity index (χ0) is 11.1. The lowest BCUT2D eigenvalue weighted by molar-refractivity contribution is -0.172. The molecule has 4 heteroatoms. The topological polar surface area (TPSA) is 52.6 Å². The molecule has 0 radical (unpaired) electrons. The van der Waals surface area contributed by atoms with Gasteiger partial charge in [-0.3, -0.25) is 9.59 Å². The van der Waals surface area contributed by atoms with Crippen LogP contribution in [0, 0.1) is 0 Å². The second-order valence-corrected chi connectivity index (χ2v) is 3.47. The summed E-state index contributed by atoms with van der Waals surface area (Å²) in [5.41, 5.74) is 0.446. The molecular weight excluding hydrogens is 196 g/mol. The molecule has 1 aromatic rings. The highest BCUT2D eigenvalue weighted by molar-refractivity contribution is 6.06. The van der Waals surface area contributed by atoms with Crippen molar-refractivity contribution in [2.75, 3.05) is 0 Å². The summed E-state index contributed by atoms with van der Waals surface area (Å²) in [6.07, 6.45) is 0. The Morgan fingerprint density at radius 2 is 2.07 bits per heavy atom. The molecule has 0 aromatic heterocycles. The fourth-order valence-electron chi connectivity index (χ4n) is 1.59. The molecule has 0 aliphatic carbocycles. The van der Waals surface area contributed by atoms with Gasteiger partial charge in [-0.25, -0.2) is 0 Å². The van der Waals surface area contributed by atoms with E-state index in [9.17, 15) is 9.59 Å². The molecule has 0 N–H and O–H groups in total. The molecule has 1 aromatic carbocycles. The highest BCUT2D eigenvalue weighted by Crippen LogP contribution is 2.35. The molecule has 1 heterocycles. The SMILES string of the molecule is CC(=O)OC1(C)Oc2ccccc2C1=O. The molecule has 0 bridgehead atoms. The molecule has 4 nitrogen and oxygen atoms in total. The summed E-state index contributed by atoms with van der Waals surface area (Å²) in [6, 6.07) is 6.81. The molecule has 0 spiro atoms. The maximum absolute atomic E-state index is 11.9. The van der Waals surface area contributed by atoms with Gasteiger partial charge in [0.25, 0.3) is 0 Å². The van der Waals surface area contributed by atoms with Gasteiger partial charge in [0, 0.05) is 13.8 Å². The first kappa shape index (κ1) is 9.71. The lowest BCUT2D eigenvalue weighted by atomic mass is 10.1. The van der Waals surface area contributed by atoms with E-state index < -0.39 is 11.8 Å². The van der Waals surface area contributed by atoms with E-state index in [0.29, 0.717) is 11.3 Å². The van der Waals surface area contributed by atoms with Crippen LogP contribution in [0.5, 0.6) is 5.75 Å². The predicted octanol–water partition coefficient (Wildman–Crippen LogP) is 1.54. The molecule has 0 saturated heterocycles. The van der Waals surface area contributed by atoms with Gasteiger partial charge in [-0.2, -0.15) is 0 Å². The van der Waals surface area contributed by atoms with Crippen molar-refractivity contribution in [1.29, 1.82) is 0 Å². The van der Waals surface area contributed by atoms with E-state index in [2.05, 4.69) is 0 Å². The number of rotatable bonds is 1. The number of carbonyl (C=O) groups is 2. The van der Waals surface area contributed by atoms with Gasteiger partial charge < -0.3 is 9.47 Å². The minimum Gasteiger partial charge on any atom is -0.445 e. The molecule has 1 unspecified atom stereocenters. The molecular formula is C11H10O4. The third-order valence-corrected chi connectivity index (χ3v) is 2.19. The summed E-state index contributed by atoms with van der Waals surface area (Å²) in [6.45, 7) is 2.68. The van der Waals surface area contributed by atoms with Crippen molar-refractivity contribution in [3.8, 4) is 5.75 Å². The van der Waals surface area contributed by atoms with Crippen LogP contribution in [0.25, 0.3) is 0 Å². The van der Waals surface area contributed by atoms with Gasteiger partial charge in [0.15, 0.2) is 0 Å². The predicted molar refractivity (Wildman–Crippen MR) is 51.6 cm³/mol. The summed E-state index contributed by atoms with van der Waals surface area (Å²) < 4.78 is 10.2. The van der Waals surface area contributed by atoms with Crippen LogP contribution in [-0.4, -0.2) is 17.5 Å². The van der Waals surface area contributed by atoms with Gasteiger partial charge in [0.05, 0.1) is 5.56 Å². The average Bonchev–Trinajstić information content (AvgIpc) is 2.39. The number of para-hydroxylation sites is 1. The summed E-state index contributed by atoms with van der Waals surface area (Å²) in [5.74, 6) is -1.92. The van der Waals surface area contributed by atoms with E-state index in [-0.39, 0.29) is 5.78 Å². The van der Waals surface area contributed by atoms with Crippen LogP contribution in [0.15, 0.2) is 24.3 Å². The standard InChI is InChI=1S/C11H10O4/c1-7(12)14-11(2)10(13)8-5-3-4-6-9(8)15-11/h3-6H,1-2H3. The van der Waals surface area contributed by atoms with E-state index in [0.717, 1.165) is 0 Å². The number of hydrogen-bond donors (Lipinski definition) is 0. The van der Waals surface area contributed by atoms with Gasteiger partial charge in [0.2, 0.25) is 5.78 Å². The molecule has 0 amide bonds. The number of ketones is 1. The minimum absolute atomic E-state index is 0.326. The Morgan fingerprint density at radius 3 is 2.67 bits per heavy atom. The Hall–Kier alpha value is -1.84. The molecule has 0 saturated carbocycles. The first-order chi connectivity index (χ1) is 7.03. The minimum atomic E-state index is -1.50. The van der Waals surface area contributed by atoms with Crippen LogP contribution < -0.4 is 4.74 Å². The smallest absolute Gasteiger partial charge is 0.315 e. The van der Waals surface area contributed by atoms with E-state index in [1.807, 2.05) is 0 Å². The van der Waals surface area contributed by atoms with Gasteiger partial charge in [-0.15, -0.1) is 0 Å². The molecule has 0 fully saturated rings. The van der Waals surface area contributed by atoms with Crippen LogP contribution in [-0.2, 0) is 9.53 Å². The largest absolute Gasteiger partial charge is 0.445 e. The van der Waals surface area contributed by atoms with Gasteiger partial charge >= 0.3 is 11.8 Å². The Balaban J connectivity index is 2.38. The molecule has 1 aliphatic heterocycles. The number of esters is 1. The first-order valence-electron chi connectivity index (χ1n) is 4.55. The van der Waals surface area contributed by atoms with Crippen molar-refractivity contribution < 1.29 is 19.1 Å². The molecule has 15 heavy (non-hydrogen) atoms. The summed E-state index contributed by atoms with van der Waals surface area (Å²) in [7, 11) is 0. The Bertz CT molecular complexity index is 438. The Kier molecular flexibility index (Phi) is 2.00. The molecule has 1 atom stereocenters. The zero-order valence-electron chi connectivity index (χ0n) is 8.44. The first-order valence-corrected chi connectivity index (χ1v) is 4.55. The van der Waals surface area contributed by atoms with E-state index in [4.69, 9.17) is 9.47 Å². The van der Waals surface area contributed by atoms with Gasteiger partial charge in [-0.1, -0.05) is 12.1 Å². The summed E-state index contributed by atoms with van der Waals surface area (Å²) in [4.78, 5) is 22.7. The fraction of sp³-hybridized carbons (Fsp3) is 0.273. The number of fused-ring (bicyclic) bond motifs is 1. The van der Waals surface area contributed by atoms with E-state index >= 15 is 0 Å². The second-order valence-electron chi connectivity index (χ2n) is 3.47. The van der Waals surface area contributed by atoms with Crippen LogP contribution in [0.4, 0.5) is 0 Å². The van der Waals surface area contributed by atoms with E-state index in [1.54, 1.807) is 24.3 Å². The van der Waals surface area contributed by atoms with Crippen molar-refractivity contribution in [2.24, 2.45) is 0 Å². The van der Waals surface area contributed by atoms with Crippen LogP contribution in [0.1, 0.15) is 24.2 Å². The normalized spacial score (nSPS) is 23.2. The number of hydrogen-bond acceptors (Lipinski definition) is 4. The van der Waals surface area contributed by atoms with Crippen LogP contribution in [0.2, 0.25) is 0 Å². The van der Waals surface area contributed by atoms with Crippen molar-refractivity contribution in [3.05, 3.63) is 29.8 Å². The summed E-state index contributed by atoms with van der Waals surface area (Å²) >= 11 is 0. The molecule has 2 rings (SSSR count). The number of ether oxygens (including phenoxy) is 2.